The molecule has 2 aliphatic rings. The van der Waals surface area contributed by atoms with Gasteiger partial charge in [0.2, 0.25) is 6.35 Å². The summed E-state index contributed by atoms with van der Waals surface area (Å²) in [7, 11) is 2.01. The average Bonchev–Trinajstić information content (AvgIpc) is 3.15. The zero-order valence-corrected chi connectivity index (χ0v) is 16.6. The van der Waals surface area contributed by atoms with Crippen molar-refractivity contribution in [1.29, 1.82) is 0 Å². The van der Waals surface area contributed by atoms with E-state index in [-0.39, 0.29) is 18.4 Å². The second-order valence-corrected chi connectivity index (χ2v) is 7.68. The summed E-state index contributed by atoms with van der Waals surface area (Å²) in [6.45, 7) is 4.40. The fraction of sp³-hybridized carbons (Fsp3) is 0.391. The van der Waals surface area contributed by atoms with Crippen LogP contribution in [0.3, 0.4) is 0 Å². The van der Waals surface area contributed by atoms with Gasteiger partial charge in [-0.3, -0.25) is 4.90 Å². The molecule has 3 atom stereocenters. The molecular weight excluding hydrogens is 350 g/mol. The number of benzene rings is 2. The number of nitrogens with zero attached hydrogens (tertiary/aromatic N) is 3. The van der Waals surface area contributed by atoms with Crippen molar-refractivity contribution in [2.45, 2.75) is 31.5 Å². The molecule has 28 heavy (non-hydrogen) atoms. The quantitative estimate of drug-likeness (QED) is 0.865. The van der Waals surface area contributed by atoms with E-state index in [1.165, 1.54) is 11.1 Å². The standard InChI is InChI=1S/C23H29N3O2/c1-18(27)21-17-25(13-14-26(21)23-24(2)15-16-28-23)22(19-9-5-3-6-10-19)20-11-7-4-8-12-20/h3-12,15-16,18,21-23,27H,13-14,17H2,1-2H3. The third-order valence-electron chi connectivity index (χ3n) is 5.77. The lowest BCUT2D eigenvalue weighted by Crippen LogP contribution is -2.62. The molecule has 1 N–H and O–H groups in total. The molecule has 0 bridgehead atoms. The van der Waals surface area contributed by atoms with Gasteiger partial charge in [-0.1, -0.05) is 60.7 Å². The van der Waals surface area contributed by atoms with E-state index in [4.69, 9.17) is 4.74 Å². The van der Waals surface area contributed by atoms with Crippen molar-refractivity contribution < 1.29 is 9.84 Å². The van der Waals surface area contributed by atoms with Crippen LogP contribution >= 0.6 is 0 Å². The summed E-state index contributed by atoms with van der Waals surface area (Å²) in [6.07, 6.45) is 3.07. The minimum absolute atomic E-state index is 0.00368. The largest absolute Gasteiger partial charge is 0.463 e. The van der Waals surface area contributed by atoms with Gasteiger partial charge in [-0.2, -0.15) is 0 Å². The monoisotopic (exact) mass is 379 g/mol. The molecule has 4 rings (SSSR count). The highest BCUT2D eigenvalue weighted by Gasteiger charge is 2.40. The second-order valence-electron chi connectivity index (χ2n) is 7.68. The minimum atomic E-state index is -0.451. The molecule has 1 fully saturated rings. The molecule has 0 aliphatic carbocycles. The lowest BCUT2D eigenvalue weighted by molar-refractivity contribution is -0.134. The number of hydrogen-bond acceptors (Lipinski definition) is 5. The van der Waals surface area contributed by atoms with Crippen LogP contribution in [0.5, 0.6) is 0 Å². The lowest BCUT2D eigenvalue weighted by atomic mass is 9.94. The van der Waals surface area contributed by atoms with Gasteiger partial charge < -0.3 is 14.7 Å². The summed E-state index contributed by atoms with van der Waals surface area (Å²) in [5, 5.41) is 10.6. The summed E-state index contributed by atoms with van der Waals surface area (Å²) < 4.78 is 5.79. The Hall–Kier alpha value is -2.34. The molecule has 1 saturated heterocycles. The summed E-state index contributed by atoms with van der Waals surface area (Å²) >= 11 is 0. The van der Waals surface area contributed by atoms with Crippen molar-refractivity contribution in [2.75, 3.05) is 26.7 Å². The van der Waals surface area contributed by atoms with Crippen LogP contribution in [0.2, 0.25) is 0 Å². The first kappa shape index (κ1) is 19.0. The van der Waals surface area contributed by atoms with Crippen molar-refractivity contribution in [2.24, 2.45) is 0 Å². The summed E-state index contributed by atoms with van der Waals surface area (Å²) in [5.74, 6) is 0. The van der Waals surface area contributed by atoms with Crippen molar-refractivity contribution in [1.82, 2.24) is 14.7 Å². The lowest BCUT2D eigenvalue weighted by Gasteiger charge is -2.48. The summed E-state index contributed by atoms with van der Waals surface area (Å²) in [5.41, 5.74) is 2.56. The molecule has 0 spiro atoms. The molecule has 5 heteroatoms. The van der Waals surface area contributed by atoms with E-state index in [9.17, 15) is 5.11 Å². The predicted octanol–water partition coefficient (Wildman–Crippen LogP) is 2.86. The van der Waals surface area contributed by atoms with Crippen LogP contribution in [0.4, 0.5) is 0 Å². The first-order valence-electron chi connectivity index (χ1n) is 9.97. The van der Waals surface area contributed by atoms with Crippen LogP contribution in [-0.2, 0) is 4.74 Å². The number of piperazine rings is 1. The van der Waals surface area contributed by atoms with Crippen molar-refractivity contribution in [3.8, 4) is 0 Å². The van der Waals surface area contributed by atoms with E-state index in [1.807, 2.05) is 20.2 Å². The van der Waals surface area contributed by atoms with Crippen LogP contribution in [-0.4, -0.2) is 65.0 Å². The van der Waals surface area contributed by atoms with E-state index in [1.54, 1.807) is 6.26 Å². The number of ether oxygens (including phenoxy) is 1. The predicted molar refractivity (Wildman–Crippen MR) is 110 cm³/mol. The van der Waals surface area contributed by atoms with E-state index in [0.717, 1.165) is 19.6 Å². The maximum Gasteiger partial charge on any atom is 0.231 e. The van der Waals surface area contributed by atoms with Gasteiger partial charge in [0.25, 0.3) is 0 Å². The summed E-state index contributed by atoms with van der Waals surface area (Å²) in [4.78, 5) is 6.81. The molecule has 2 aromatic rings. The molecule has 0 radical (unpaired) electrons. The highest BCUT2D eigenvalue weighted by Crippen LogP contribution is 2.32. The van der Waals surface area contributed by atoms with Crippen molar-refractivity contribution in [3.05, 3.63) is 84.3 Å². The minimum Gasteiger partial charge on any atom is -0.463 e. The molecule has 0 amide bonds. The second kappa shape index (κ2) is 8.35. The Morgan fingerprint density at radius 3 is 2.07 bits per heavy atom. The van der Waals surface area contributed by atoms with Crippen molar-refractivity contribution >= 4 is 0 Å². The number of rotatable bonds is 5. The van der Waals surface area contributed by atoms with Gasteiger partial charge in [0.15, 0.2) is 0 Å². The molecule has 2 aliphatic heterocycles. The molecule has 3 unspecified atom stereocenters. The Kier molecular flexibility index (Phi) is 5.67. The Bertz CT molecular complexity index is 741. The first-order valence-corrected chi connectivity index (χ1v) is 9.97. The molecule has 0 saturated carbocycles. The molecule has 5 nitrogen and oxygen atoms in total. The van der Waals surface area contributed by atoms with Gasteiger partial charge in [0, 0.05) is 32.9 Å². The van der Waals surface area contributed by atoms with Gasteiger partial charge in [-0.05, 0) is 18.1 Å². The molecular formula is C23H29N3O2. The molecule has 2 aromatic carbocycles. The molecule has 2 heterocycles. The summed E-state index contributed by atoms with van der Waals surface area (Å²) in [6, 6.07) is 21.5. The highest BCUT2D eigenvalue weighted by molar-refractivity contribution is 5.32. The van der Waals surface area contributed by atoms with Crippen LogP contribution in [0.25, 0.3) is 0 Å². The number of aliphatic hydroxyl groups is 1. The Morgan fingerprint density at radius 2 is 1.57 bits per heavy atom. The van der Waals surface area contributed by atoms with Gasteiger partial charge in [-0.15, -0.1) is 0 Å². The van der Waals surface area contributed by atoms with E-state index >= 15 is 0 Å². The average molecular weight is 380 g/mol. The first-order chi connectivity index (χ1) is 13.6. The van der Waals surface area contributed by atoms with E-state index in [0.29, 0.717) is 0 Å². The Balaban J connectivity index is 1.61. The van der Waals surface area contributed by atoms with E-state index < -0.39 is 6.10 Å². The van der Waals surface area contributed by atoms with E-state index in [2.05, 4.69) is 75.4 Å². The van der Waals surface area contributed by atoms with Gasteiger partial charge in [-0.25, -0.2) is 4.90 Å². The Labute approximate surface area is 167 Å². The fourth-order valence-electron chi connectivity index (χ4n) is 4.35. The normalized spacial score (nSPS) is 24.5. The van der Waals surface area contributed by atoms with Crippen LogP contribution in [0.1, 0.15) is 24.1 Å². The maximum absolute atomic E-state index is 10.6. The van der Waals surface area contributed by atoms with Crippen molar-refractivity contribution in [3.63, 3.8) is 0 Å². The van der Waals surface area contributed by atoms with Gasteiger partial charge >= 0.3 is 0 Å². The zero-order valence-electron chi connectivity index (χ0n) is 16.6. The third-order valence-corrected chi connectivity index (χ3v) is 5.77. The van der Waals surface area contributed by atoms with Crippen LogP contribution in [0.15, 0.2) is 73.1 Å². The smallest absolute Gasteiger partial charge is 0.231 e. The SMILES string of the molecule is CC(O)C1CN(C(c2ccccc2)c2ccccc2)CCN1C1OC=CN1C. The van der Waals surface area contributed by atoms with Crippen LogP contribution in [0, 0.1) is 0 Å². The zero-order chi connectivity index (χ0) is 19.5. The third kappa shape index (κ3) is 3.78. The van der Waals surface area contributed by atoms with Gasteiger partial charge in [0.05, 0.1) is 18.2 Å². The molecule has 0 aromatic heterocycles. The molecule has 148 valence electrons. The van der Waals surface area contributed by atoms with Gasteiger partial charge in [0.1, 0.15) is 6.26 Å². The number of aliphatic hydroxyl groups excluding tert-OH is 1. The topological polar surface area (TPSA) is 39.2 Å². The Morgan fingerprint density at radius 1 is 0.964 bits per heavy atom. The highest BCUT2D eigenvalue weighted by atomic mass is 16.5. The maximum atomic E-state index is 10.6. The van der Waals surface area contributed by atoms with Crippen LogP contribution < -0.4 is 0 Å². The fourth-order valence-corrected chi connectivity index (χ4v) is 4.35. The number of hydrogen-bond donors (Lipinski definition) is 1.